The molecule has 92 valence electrons. The van der Waals surface area contributed by atoms with Gasteiger partial charge in [0.25, 0.3) is 5.56 Å². The summed E-state index contributed by atoms with van der Waals surface area (Å²) in [6, 6.07) is 1.06. The van der Waals surface area contributed by atoms with E-state index >= 15 is 0 Å². The normalized spacial score (nSPS) is 32.5. The lowest BCUT2D eigenvalue weighted by atomic mass is 10.0. The highest BCUT2D eigenvalue weighted by Gasteiger charge is 2.53. The Labute approximate surface area is 95.0 Å². The molecular weight excluding hydrogens is 231 g/mol. The lowest BCUT2D eigenvalue weighted by Gasteiger charge is -2.23. The summed E-state index contributed by atoms with van der Waals surface area (Å²) in [5, 5.41) is 9.52. The van der Waals surface area contributed by atoms with Gasteiger partial charge in [0, 0.05) is 12.3 Å². The molecule has 1 aliphatic heterocycles. The number of hydrogen-bond donors (Lipinski definition) is 2. The van der Waals surface area contributed by atoms with E-state index in [9.17, 15) is 19.1 Å². The molecule has 0 radical (unpaired) electrons. The lowest BCUT2D eigenvalue weighted by molar-refractivity contribution is -0.0353. The minimum absolute atomic E-state index is 0.155. The molecule has 1 aliphatic rings. The lowest BCUT2D eigenvalue weighted by Crippen LogP contribution is -2.42. The number of halogens is 1. The minimum Gasteiger partial charge on any atom is -0.469 e. The van der Waals surface area contributed by atoms with E-state index in [-0.39, 0.29) is 5.76 Å². The van der Waals surface area contributed by atoms with Gasteiger partial charge in [0.2, 0.25) is 6.23 Å². The van der Waals surface area contributed by atoms with Crippen molar-refractivity contribution in [2.24, 2.45) is 0 Å². The number of aliphatic hydroxyl groups excluding tert-OH is 1. The summed E-state index contributed by atoms with van der Waals surface area (Å²) in [6.45, 7) is 4.45. The van der Waals surface area contributed by atoms with E-state index in [4.69, 9.17) is 4.74 Å². The standard InChI is InChI=1S/C10H11FN2O4/c1-5-7(15)10(2,11)8(17-5)13-4-3-6(14)12-9(13)16/h3-4,7-8,15H,1H2,2H3,(H,12,14,16). The smallest absolute Gasteiger partial charge is 0.331 e. The van der Waals surface area contributed by atoms with E-state index in [1.807, 2.05) is 4.98 Å². The number of nitrogens with zero attached hydrogens (tertiary/aromatic N) is 1. The molecule has 0 bridgehead atoms. The first-order valence-corrected chi connectivity index (χ1v) is 4.88. The highest BCUT2D eigenvalue weighted by Crippen LogP contribution is 2.41. The fourth-order valence-electron chi connectivity index (χ4n) is 1.71. The number of ether oxygens (including phenoxy) is 1. The third-order valence-corrected chi connectivity index (χ3v) is 2.69. The first kappa shape index (κ1) is 11.6. The molecule has 0 aromatic carbocycles. The number of alkyl halides is 1. The van der Waals surface area contributed by atoms with Crippen LogP contribution in [0.3, 0.4) is 0 Å². The van der Waals surface area contributed by atoms with Crippen molar-refractivity contribution < 1.29 is 14.2 Å². The molecule has 1 saturated heterocycles. The van der Waals surface area contributed by atoms with Crippen molar-refractivity contribution in [1.29, 1.82) is 0 Å². The van der Waals surface area contributed by atoms with Crippen molar-refractivity contribution in [2.45, 2.75) is 24.9 Å². The summed E-state index contributed by atoms with van der Waals surface area (Å²) in [5.41, 5.74) is -3.60. The number of nitrogens with one attached hydrogen (secondary N) is 1. The van der Waals surface area contributed by atoms with E-state index < -0.39 is 29.2 Å². The van der Waals surface area contributed by atoms with Crippen LogP contribution in [0.2, 0.25) is 0 Å². The van der Waals surface area contributed by atoms with Crippen molar-refractivity contribution in [1.82, 2.24) is 9.55 Å². The van der Waals surface area contributed by atoms with Gasteiger partial charge < -0.3 is 9.84 Å². The molecule has 1 fully saturated rings. The van der Waals surface area contributed by atoms with E-state index in [2.05, 4.69) is 6.58 Å². The first-order chi connectivity index (χ1) is 7.84. The van der Waals surface area contributed by atoms with Gasteiger partial charge in [-0.3, -0.25) is 14.3 Å². The van der Waals surface area contributed by atoms with Gasteiger partial charge in [-0.15, -0.1) is 0 Å². The predicted molar refractivity (Wildman–Crippen MR) is 56.1 cm³/mol. The molecule has 0 spiro atoms. The molecule has 3 unspecified atom stereocenters. The van der Waals surface area contributed by atoms with Gasteiger partial charge in [-0.25, -0.2) is 9.18 Å². The minimum atomic E-state index is -2.20. The molecule has 6 nitrogen and oxygen atoms in total. The van der Waals surface area contributed by atoms with Crippen molar-refractivity contribution in [3.05, 3.63) is 45.4 Å². The maximum Gasteiger partial charge on any atom is 0.331 e. The summed E-state index contributed by atoms with van der Waals surface area (Å²) in [6.07, 6.45) is -1.77. The molecule has 17 heavy (non-hydrogen) atoms. The zero-order chi connectivity index (χ0) is 12.8. The zero-order valence-electron chi connectivity index (χ0n) is 9.01. The molecule has 2 N–H and O–H groups in total. The Morgan fingerprint density at radius 1 is 1.65 bits per heavy atom. The zero-order valence-corrected chi connectivity index (χ0v) is 9.01. The summed E-state index contributed by atoms with van der Waals surface area (Å²) in [5.74, 6) is -0.155. The van der Waals surface area contributed by atoms with Crippen LogP contribution in [-0.2, 0) is 4.74 Å². The summed E-state index contributed by atoms with van der Waals surface area (Å²) >= 11 is 0. The summed E-state index contributed by atoms with van der Waals surface area (Å²) < 4.78 is 20.1. The predicted octanol–water partition coefficient (Wildman–Crippen LogP) is -0.332. The number of aromatic amines is 1. The molecule has 1 aromatic heterocycles. The summed E-state index contributed by atoms with van der Waals surface area (Å²) in [4.78, 5) is 24.3. The van der Waals surface area contributed by atoms with Crippen LogP contribution in [0.25, 0.3) is 0 Å². The molecule has 2 heterocycles. The van der Waals surface area contributed by atoms with Crippen LogP contribution in [0.1, 0.15) is 13.2 Å². The quantitative estimate of drug-likeness (QED) is 0.706. The molecule has 0 amide bonds. The van der Waals surface area contributed by atoms with Gasteiger partial charge in [-0.1, -0.05) is 6.58 Å². The number of H-pyrrole nitrogens is 1. The average molecular weight is 242 g/mol. The molecule has 1 aromatic rings. The Kier molecular flexibility index (Phi) is 2.43. The van der Waals surface area contributed by atoms with E-state index in [0.717, 1.165) is 23.8 Å². The largest absolute Gasteiger partial charge is 0.469 e. The third-order valence-electron chi connectivity index (χ3n) is 2.69. The van der Waals surface area contributed by atoms with E-state index in [1.165, 1.54) is 0 Å². The van der Waals surface area contributed by atoms with Crippen LogP contribution < -0.4 is 11.2 Å². The number of aliphatic hydroxyl groups is 1. The Morgan fingerprint density at radius 2 is 2.29 bits per heavy atom. The fourth-order valence-corrected chi connectivity index (χ4v) is 1.71. The molecule has 3 atom stereocenters. The fraction of sp³-hybridized carbons (Fsp3) is 0.400. The third kappa shape index (κ3) is 1.68. The Hall–Kier alpha value is -1.89. The molecule has 2 rings (SSSR count). The van der Waals surface area contributed by atoms with Gasteiger partial charge in [0.05, 0.1) is 0 Å². The molecular formula is C10H11FN2O4. The Balaban J connectivity index is 2.52. The van der Waals surface area contributed by atoms with Crippen molar-refractivity contribution in [3.8, 4) is 0 Å². The van der Waals surface area contributed by atoms with Crippen molar-refractivity contribution in [3.63, 3.8) is 0 Å². The van der Waals surface area contributed by atoms with E-state index in [1.54, 1.807) is 0 Å². The van der Waals surface area contributed by atoms with Gasteiger partial charge >= 0.3 is 5.69 Å². The van der Waals surface area contributed by atoms with Crippen LogP contribution in [-0.4, -0.2) is 26.4 Å². The number of hydrogen-bond acceptors (Lipinski definition) is 4. The van der Waals surface area contributed by atoms with Gasteiger partial charge in [-0.2, -0.15) is 0 Å². The molecule has 0 saturated carbocycles. The second-order valence-electron chi connectivity index (χ2n) is 4.01. The molecule has 7 heteroatoms. The Bertz CT molecular complexity index is 574. The van der Waals surface area contributed by atoms with Crippen LogP contribution in [0, 0.1) is 0 Å². The topological polar surface area (TPSA) is 84.3 Å². The first-order valence-electron chi connectivity index (χ1n) is 4.88. The van der Waals surface area contributed by atoms with Gasteiger partial charge in [0.1, 0.15) is 11.9 Å². The van der Waals surface area contributed by atoms with Gasteiger partial charge in [-0.05, 0) is 6.92 Å². The van der Waals surface area contributed by atoms with E-state index in [0.29, 0.717) is 0 Å². The highest BCUT2D eigenvalue weighted by atomic mass is 19.1. The maximum atomic E-state index is 14.2. The highest BCUT2D eigenvalue weighted by molar-refractivity contribution is 5.12. The van der Waals surface area contributed by atoms with Crippen LogP contribution in [0.15, 0.2) is 34.2 Å². The monoisotopic (exact) mass is 242 g/mol. The van der Waals surface area contributed by atoms with Crippen LogP contribution in [0.5, 0.6) is 0 Å². The van der Waals surface area contributed by atoms with Crippen LogP contribution in [0.4, 0.5) is 4.39 Å². The van der Waals surface area contributed by atoms with Gasteiger partial charge in [0.15, 0.2) is 5.67 Å². The SMILES string of the molecule is C=C1OC(n2ccc(=O)[nH]c2=O)C(C)(F)C1O. The summed E-state index contributed by atoms with van der Waals surface area (Å²) in [7, 11) is 0. The molecule has 0 aliphatic carbocycles. The van der Waals surface area contributed by atoms with Crippen molar-refractivity contribution in [2.75, 3.05) is 0 Å². The van der Waals surface area contributed by atoms with Crippen molar-refractivity contribution >= 4 is 0 Å². The number of rotatable bonds is 1. The second-order valence-corrected chi connectivity index (χ2v) is 4.01. The van der Waals surface area contributed by atoms with Crippen LogP contribution >= 0.6 is 0 Å². The maximum absolute atomic E-state index is 14.2. The second kappa shape index (κ2) is 3.56. The average Bonchev–Trinajstić information content (AvgIpc) is 2.43. The number of aromatic nitrogens is 2. The Morgan fingerprint density at radius 3 is 2.76 bits per heavy atom.